The van der Waals surface area contributed by atoms with E-state index in [1.165, 1.54) is 5.57 Å². The third-order valence-corrected chi connectivity index (χ3v) is 5.21. The van der Waals surface area contributed by atoms with Crippen LogP contribution in [0.2, 0.25) is 0 Å². The molecule has 0 spiro atoms. The van der Waals surface area contributed by atoms with Crippen LogP contribution in [0.15, 0.2) is 11.6 Å². The van der Waals surface area contributed by atoms with Gasteiger partial charge in [0.1, 0.15) is 5.69 Å². The molecule has 0 fully saturated rings. The maximum atomic E-state index is 9.55. The normalized spacial score (nSPS) is 17.8. The quantitative estimate of drug-likeness (QED) is 0.570. The molecule has 2 heterocycles. The Morgan fingerprint density at radius 3 is 2.63 bits per heavy atom. The van der Waals surface area contributed by atoms with Crippen molar-refractivity contribution in [1.82, 2.24) is 9.97 Å². The average molecular weight is 377 g/mol. The number of anilines is 4. The van der Waals surface area contributed by atoms with Crippen molar-refractivity contribution >= 4 is 23.3 Å². The number of aliphatic hydroxyl groups excluding tert-OH is 1. The molecule has 1 aromatic rings. The molecular formula is C20H36N6O. The van der Waals surface area contributed by atoms with Gasteiger partial charge in [0.25, 0.3) is 0 Å². The van der Waals surface area contributed by atoms with Crippen LogP contribution in [-0.4, -0.2) is 53.5 Å². The summed E-state index contributed by atoms with van der Waals surface area (Å²) in [6.07, 6.45) is 4.21. The predicted octanol–water partition coefficient (Wildman–Crippen LogP) is 3.44. The van der Waals surface area contributed by atoms with Crippen molar-refractivity contribution in [2.24, 2.45) is 0 Å². The van der Waals surface area contributed by atoms with Crippen LogP contribution in [0.3, 0.4) is 0 Å². The highest BCUT2D eigenvalue weighted by atomic mass is 16.3. The highest BCUT2D eigenvalue weighted by Crippen LogP contribution is 2.40. The van der Waals surface area contributed by atoms with Gasteiger partial charge in [0.2, 0.25) is 5.95 Å². The molecule has 0 radical (unpaired) electrons. The summed E-state index contributed by atoms with van der Waals surface area (Å²) in [6, 6.07) is 0.255. The minimum atomic E-state index is -0.0498. The zero-order valence-electron chi connectivity index (χ0n) is 17.9. The number of hydrogen-bond donors (Lipinski definition) is 3. The van der Waals surface area contributed by atoms with E-state index in [2.05, 4.69) is 68.2 Å². The van der Waals surface area contributed by atoms with E-state index in [0.29, 0.717) is 12.0 Å². The molecular weight excluding hydrogens is 340 g/mol. The molecule has 0 aromatic carbocycles. The fourth-order valence-electron chi connectivity index (χ4n) is 3.22. The molecule has 2 rings (SSSR count). The Bertz CT molecular complexity index is 654. The third-order valence-electron chi connectivity index (χ3n) is 5.21. The van der Waals surface area contributed by atoms with E-state index >= 15 is 0 Å². The summed E-state index contributed by atoms with van der Waals surface area (Å²) in [7, 11) is 2.08. The zero-order valence-corrected chi connectivity index (χ0v) is 17.9. The zero-order chi connectivity index (χ0) is 20.1. The van der Waals surface area contributed by atoms with Crippen molar-refractivity contribution in [1.29, 1.82) is 0 Å². The molecule has 27 heavy (non-hydrogen) atoms. The molecule has 2 unspecified atom stereocenters. The molecule has 0 saturated heterocycles. The van der Waals surface area contributed by atoms with Gasteiger partial charge < -0.3 is 25.5 Å². The first-order valence-corrected chi connectivity index (χ1v) is 10.0. The highest BCUT2D eigenvalue weighted by Gasteiger charge is 2.32. The molecule has 0 amide bonds. The Labute approximate surface area is 163 Å². The summed E-state index contributed by atoms with van der Waals surface area (Å²) in [4.78, 5) is 14.0. The van der Waals surface area contributed by atoms with Gasteiger partial charge in [-0.3, -0.25) is 0 Å². The second-order valence-corrected chi connectivity index (χ2v) is 7.58. The summed E-state index contributed by atoms with van der Waals surface area (Å²) < 4.78 is 0. The van der Waals surface area contributed by atoms with Gasteiger partial charge in [-0.15, -0.1) is 0 Å². The summed E-state index contributed by atoms with van der Waals surface area (Å²) in [6.45, 7) is 13.7. The van der Waals surface area contributed by atoms with E-state index in [0.717, 1.165) is 36.7 Å². The van der Waals surface area contributed by atoms with E-state index in [-0.39, 0.29) is 18.8 Å². The first kappa shape index (κ1) is 21.3. The Kier molecular flexibility index (Phi) is 7.30. The second kappa shape index (κ2) is 9.26. The number of allylic oxidation sites excluding steroid dienone is 1. The van der Waals surface area contributed by atoms with Gasteiger partial charge in [-0.1, -0.05) is 18.6 Å². The molecule has 1 aliphatic rings. The number of rotatable bonds is 9. The lowest BCUT2D eigenvalue weighted by Crippen LogP contribution is -2.33. The van der Waals surface area contributed by atoms with Gasteiger partial charge in [-0.25, -0.2) is 0 Å². The second-order valence-electron chi connectivity index (χ2n) is 7.58. The standard InChI is InChI=1S/C20H36N6O/c1-8-16(12-27)22-20-23-18(25(7)14(5)11-10-13(3)4)17-19(24-20)26(9-2)15(6)21-17/h10,14-16,21,27H,8-9,11-12H2,1-7H3,(H,22,23,24)/t14?,15?,16-/m1/s1. The van der Waals surface area contributed by atoms with Gasteiger partial charge in [-0.2, -0.15) is 9.97 Å². The summed E-state index contributed by atoms with van der Waals surface area (Å²) in [5.41, 5.74) is 2.31. The predicted molar refractivity (Wildman–Crippen MR) is 115 cm³/mol. The van der Waals surface area contributed by atoms with Crippen molar-refractivity contribution in [3.63, 3.8) is 0 Å². The Balaban J connectivity index is 2.42. The molecule has 0 bridgehead atoms. The van der Waals surface area contributed by atoms with Crippen LogP contribution in [-0.2, 0) is 0 Å². The van der Waals surface area contributed by atoms with E-state index in [1.54, 1.807) is 0 Å². The average Bonchev–Trinajstić information content (AvgIpc) is 2.97. The van der Waals surface area contributed by atoms with E-state index in [1.807, 2.05) is 6.92 Å². The van der Waals surface area contributed by atoms with Crippen molar-refractivity contribution in [3.8, 4) is 0 Å². The fraction of sp³-hybridized carbons (Fsp3) is 0.700. The number of nitrogens with one attached hydrogen (secondary N) is 2. The summed E-state index contributed by atoms with van der Waals surface area (Å²) in [5.74, 6) is 2.39. The molecule has 1 aliphatic heterocycles. The van der Waals surface area contributed by atoms with Crippen molar-refractivity contribution in [2.45, 2.75) is 72.6 Å². The van der Waals surface area contributed by atoms with Crippen molar-refractivity contribution < 1.29 is 5.11 Å². The van der Waals surface area contributed by atoms with E-state index in [4.69, 9.17) is 9.97 Å². The molecule has 152 valence electrons. The largest absolute Gasteiger partial charge is 0.394 e. The van der Waals surface area contributed by atoms with Crippen molar-refractivity contribution in [3.05, 3.63) is 11.6 Å². The summed E-state index contributed by atoms with van der Waals surface area (Å²) >= 11 is 0. The van der Waals surface area contributed by atoms with Crippen LogP contribution in [0.25, 0.3) is 0 Å². The van der Waals surface area contributed by atoms with Gasteiger partial charge >= 0.3 is 0 Å². The molecule has 3 N–H and O–H groups in total. The van der Waals surface area contributed by atoms with Crippen molar-refractivity contribution in [2.75, 3.05) is 40.6 Å². The lowest BCUT2D eigenvalue weighted by molar-refractivity contribution is 0.271. The highest BCUT2D eigenvalue weighted by molar-refractivity contribution is 5.84. The Morgan fingerprint density at radius 1 is 1.37 bits per heavy atom. The molecule has 0 aliphatic carbocycles. The minimum Gasteiger partial charge on any atom is -0.394 e. The maximum absolute atomic E-state index is 9.55. The molecule has 7 nitrogen and oxygen atoms in total. The number of hydrogen-bond acceptors (Lipinski definition) is 7. The first-order chi connectivity index (χ1) is 12.8. The number of aromatic nitrogens is 2. The number of aliphatic hydroxyl groups is 1. The Morgan fingerprint density at radius 2 is 2.07 bits per heavy atom. The van der Waals surface area contributed by atoms with Gasteiger partial charge in [0.15, 0.2) is 11.6 Å². The van der Waals surface area contributed by atoms with Crippen LogP contribution in [0.1, 0.15) is 54.4 Å². The third kappa shape index (κ3) is 4.83. The lowest BCUT2D eigenvalue weighted by atomic mass is 10.1. The minimum absolute atomic E-state index is 0.0498. The molecule has 0 saturated carbocycles. The first-order valence-electron chi connectivity index (χ1n) is 10.0. The Hall–Kier alpha value is -2.02. The van der Waals surface area contributed by atoms with E-state index < -0.39 is 0 Å². The van der Waals surface area contributed by atoms with Crippen LogP contribution < -0.4 is 20.4 Å². The lowest BCUT2D eigenvalue weighted by Gasteiger charge is -2.28. The smallest absolute Gasteiger partial charge is 0.227 e. The van der Waals surface area contributed by atoms with Crippen LogP contribution in [0, 0.1) is 0 Å². The topological polar surface area (TPSA) is 76.5 Å². The fourth-order valence-corrected chi connectivity index (χ4v) is 3.22. The summed E-state index contributed by atoms with van der Waals surface area (Å²) in [5, 5.41) is 16.4. The number of fused-ring (bicyclic) bond motifs is 1. The van der Waals surface area contributed by atoms with E-state index in [9.17, 15) is 5.11 Å². The van der Waals surface area contributed by atoms with Crippen LogP contribution >= 0.6 is 0 Å². The molecule has 7 heteroatoms. The van der Waals surface area contributed by atoms with Gasteiger partial charge in [0.05, 0.1) is 18.8 Å². The van der Waals surface area contributed by atoms with Crippen LogP contribution in [0.5, 0.6) is 0 Å². The monoisotopic (exact) mass is 376 g/mol. The SMILES string of the molecule is CC[C@H](CO)Nc1nc(N(C)C(C)CC=C(C)C)c2c(n1)N(CC)C(C)N2. The maximum Gasteiger partial charge on any atom is 0.227 e. The number of nitrogens with zero attached hydrogens (tertiary/aromatic N) is 4. The van der Waals surface area contributed by atoms with Gasteiger partial charge in [0, 0.05) is 19.6 Å². The molecule has 1 aromatic heterocycles. The molecule has 3 atom stereocenters. The van der Waals surface area contributed by atoms with Gasteiger partial charge in [-0.05, 0) is 47.5 Å². The van der Waals surface area contributed by atoms with Crippen LogP contribution in [0.4, 0.5) is 23.3 Å².